The summed E-state index contributed by atoms with van der Waals surface area (Å²) in [5.41, 5.74) is -0.215. The second-order valence-electron chi connectivity index (χ2n) is 5.02. The Hall–Kier alpha value is -1.49. The van der Waals surface area contributed by atoms with Crippen molar-refractivity contribution < 1.29 is 18.3 Å². The number of hydrogen-bond acceptors (Lipinski definition) is 3. The van der Waals surface area contributed by atoms with Crippen molar-refractivity contribution in [3.63, 3.8) is 0 Å². The third kappa shape index (κ3) is 2.76. The number of esters is 1. The topological polar surface area (TPSA) is 38.3 Å². The van der Waals surface area contributed by atoms with Gasteiger partial charge in [-0.1, -0.05) is 12.1 Å². The van der Waals surface area contributed by atoms with E-state index in [1.807, 2.05) is 0 Å². The lowest BCUT2D eigenvalue weighted by Gasteiger charge is -2.19. The average molecular weight is 269 g/mol. The molecule has 0 aromatic heterocycles. The number of ether oxygens (including phenoxy) is 1. The van der Waals surface area contributed by atoms with E-state index in [9.17, 15) is 13.6 Å². The zero-order valence-electron chi connectivity index (χ0n) is 11.0. The molecule has 104 valence electrons. The Labute approximate surface area is 111 Å². The third-order valence-electron chi connectivity index (χ3n) is 3.67. The second-order valence-corrected chi connectivity index (χ2v) is 5.02. The first kappa shape index (κ1) is 13.9. The molecule has 1 atom stereocenters. The third-order valence-corrected chi connectivity index (χ3v) is 3.67. The van der Waals surface area contributed by atoms with Gasteiger partial charge in [0, 0.05) is 18.2 Å². The van der Waals surface area contributed by atoms with Crippen molar-refractivity contribution in [1.29, 1.82) is 0 Å². The highest BCUT2D eigenvalue weighted by molar-refractivity contribution is 5.80. The molecule has 0 bridgehead atoms. The fourth-order valence-corrected chi connectivity index (χ4v) is 2.13. The molecule has 0 unspecified atom stereocenters. The Balaban J connectivity index is 2.00. The number of methoxy groups -OCH3 is 1. The minimum Gasteiger partial charge on any atom is -0.469 e. The van der Waals surface area contributed by atoms with Crippen LogP contribution in [0.15, 0.2) is 18.2 Å². The first-order chi connectivity index (χ1) is 9.00. The van der Waals surface area contributed by atoms with E-state index in [0.29, 0.717) is 6.54 Å². The van der Waals surface area contributed by atoms with Crippen molar-refractivity contribution in [2.75, 3.05) is 13.7 Å². The van der Waals surface area contributed by atoms with Crippen molar-refractivity contribution in [1.82, 2.24) is 5.32 Å². The molecule has 19 heavy (non-hydrogen) atoms. The number of nitrogens with one attached hydrogen (secondary N) is 1. The largest absolute Gasteiger partial charge is 0.469 e. The Bertz CT molecular complexity index is 486. The van der Waals surface area contributed by atoms with Crippen LogP contribution in [0.4, 0.5) is 8.78 Å². The molecule has 1 aliphatic carbocycles. The van der Waals surface area contributed by atoms with Gasteiger partial charge in [-0.3, -0.25) is 4.79 Å². The quantitative estimate of drug-likeness (QED) is 0.835. The molecule has 1 aromatic rings. The maximum absolute atomic E-state index is 13.6. The van der Waals surface area contributed by atoms with Crippen LogP contribution in [-0.4, -0.2) is 19.6 Å². The van der Waals surface area contributed by atoms with E-state index in [1.165, 1.54) is 19.2 Å². The summed E-state index contributed by atoms with van der Waals surface area (Å²) in [6.07, 6.45) is 1.54. The van der Waals surface area contributed by atoms with E-state index < -0.39 is 17.0 Å². The van der Waals surface area contributed by atoms with Crippen LogP contribution in [0.25, 0.3) is 0 Å². The van der Waals surface area contributed by atoms with E-state index in [4.69, 9.17) is 4.74 Å². The zero-order chi connectivity index (χ0) is 14.0. The molecule has 3 nitrogen and oxygen atoms in total. The molecule has 5 heteroatoms. The van der Waals surface area contributed by atoms with Gasteiger partial charge in [0.1, 0.15) is 0 Å². The summed E-state index contributed by atoms with van der Waals surface area (Å²) in [4.78, 5) is 11.6. The smallest absolute Gasteiger partial charge is 0.313 e. The van der Waals surface area contributed by atoms with E-state index >= 15 is 0 Å². The highest BCUT2D eigenvalue weighted by atomic mass is 19.2. The number of benzene rings is 1. The van der Waals surface area contributed by atoms with Gasteiger partial charge in [0.25, 0.3) is 0 Å². The number of hydrogen-bond donors (Lipinski definition) is 1. The van der Waals surface area contributed by atoms with Gasteiger partial charge in [-0.15, -0.1) is 0 Å². The Morgan fingerprint density at radius 2 is 2.16 bits per heavy atom. The summed E-state index contributed by atoms with van der Waals surface area (Å²) in [7, 11) is 1.36. The number of carbonyl (C=O) groups excluding carboxylic acids is 1. The maximum Gasteiger partial charge on any atom is 0.313 e. The van der Waals surface area contributed by atoms with Crippen LogP contribution in [0.5, 0.6) is 0 Å². The molecule has 1 aliphatic rings. The molecule has 0 heterocycles. The highest BCUT2D eigenvalue weighted by Gasteiger charge is 2.50. The zero-order valence-corrected chi connectivity index (χ0v) is 11.0. The molecule has 0 radical (unpaired) electrons. The number of rotatable bonds is 5. The molecule has 0 saturated heterocycles. The second kappa shape index (κ2) is 5.25. The molecular weight excluding hydrogens is 252 g/mol. The van der Waals surface area contributed by atoms with Crippen molar-refractivity contribution in [2.45, 2.75) is 25.8 Å². The fraction of sp³-hybridized carbons (Fsp3) is 0.500. The van der Waals surface area contributed by atoms with Crippen LogP contribution in [0.1, 0.15) is 31.4 Å². The summed E-state index contributed by atoms with van der Waals surface area (Å²) in [6.45, 7) is 2.15. The predicted octanol–water partition coefficient (Wildman–Crippen LogP) is 2.57. The van der Waals surface area contributed by atoms with Gasteiger partial charge < -0.3 is 10.1 Å². The molecule has 1 N–H and O–H groups in total. The van der Waals surface area contributed by atoms with Crippen LogP contribution in [-0.2, 0) is 9.53 Å². The van der Waals surface area contributed by atoms with Gasteiger partial charge >= 0.3 is 5.97 Å². The lowest BCUT2D eigenvalue weighted by Crippen LogP contribution is -2.33. The standard InChI is InChI=1S/C14H17F2NO2/c1-9(10-4-3-5-11(15)12(10)16)17-8-14(6-7-14)13(18)19-2/h3-5,9,17H,6-8H2,1-2H3/t9-/m1/s1. The van der Waals surface area contributed by atoms with E-state index in [2.05, 4.69) is 5.32 Å². The summed E-state index contributed by atoms with van der Waals surface area (Å²) in [5.74, 6) is -1.95. The Kier molecular flexibility index (Phi) is 3.85. The first-order valence-electron chi connectivity index (χ1n) is 6.26. The number of halogens is 2. The van der Waals surface area contributed by atoms with E-state index in [0.717, 1.165) is 18.9 Å². The van der Waals surface area contributed by atoms with E-state index in [1.54, 1.807) is 6.92 Å². The van der Waals surface area contributed by atoms with Gasteiger partial charge in [-0.25, -0.2) is 8.78 Å². The SMILES string of the molecule is COC(=O)C1(CN[C@H](C)c2cccc(F)c2F)CC1. The average Bonchev–Trinajstić information content (AvgIpc) is 3.19. The summed E-state index contributed by atoms with van der Waals surface area (Å²) >= 11 is 0. The summed E-state index contributed by atoms with van der Waals surface area (Å²) in [5, 5.41) is 3.08. The molecule has 0 amide bonds. The predicted molar refractivity (Wildman–Crippen MR) is 66.5 cm³/mol. The first-order valence-corrected chi connectivity index (χ1v) is 6.26. The van der Waals surface area contributed by atoms with Crippen LogP contribution in [0.3, 0.4) is 0 Å². The lowest BCUT2D eigenvalue weighted by molar-refractivity contribution is -0.146. The Morgan fingerprint density at radius 1 is 1.47 bits per heavy atom. The molecular formula is C14H17F2NO2. The molecule has 1 aromatic carbocycles. The van der Waals surface area contributed by atoms with Crippen molar-refractivity contribution >= 4 is 5.97 Å². The lowest BCUT2D eigenvalue weighted by atomic mass is 10.0. The van der Waals surface area contributed by atoms with Crippen LogP contribution in [0, 0.1) is 17.0 Å². The molecule has 0 aliphatic heterocycles. The Morgan fingerprint density at radius 3 is 2.74 bits per heavy atom. The maximum atomic E-state index is 13.6. The molecule has 0 spiro atoms. The van der Waals surface area contributed by atoms with E-state index in [-0.39, 0.29) is 17.6 Å². The summed E-state index contributed by atoms with van der Waals surface area (Å²) in [6, 6.07) is 3.73. The van der Waals surface area contributed by atoms with Gasteiger partial charge in [0.05, 0.1) is 12.5 Å². The van der Waals surface area contributed by atoms with Crippen LogP contribution in [0.2, 0.25) is 0 Å². The molecule has 1 saturated carbocycles. The van der Waals surface area contributed by atoms with Crippen molar-refractivity contribution in [3.05, 3.63) is 35.4 Å². The van der Waals surface area contributed by atoms with Crippen LogP contribution < -0.4 is 5.32 Å². The van der Waals surface area contributed by atoms with Gasteiger partial charge in [-0.05, 0) is 25.8 Å². The highest BCUT2D eigenvalue weighted by Crippen LogP contribution is 2.46. The molecule has 2 rings (SSSR count). The minimum atomic E-state index is -0.861. The summed E-state index contributed by atoms with van der Waals surface area (Å²) < 4.78 is 31.5. The van der Waals surface area contributed by atoms with Gasteiger partial charge in [0.2, 0.25) is 0 Å². The molecule has 1 fully saturated rings. The van der Waals surface area contributed by atoms with Crippen LogP contribution >= 0.6 is 0 Å². The van der Waals surface area contributed by atoms with Crippen molar-refractivity contribution in [3.8, 4) is 0 Å². The van der Waals surface area contributed by atoms with Crippen molar-refractivity contribution in [2.24, 2.45) is 5.41 Å². The number of carbonyl (C=O) groups is 1. The normalized spacial score (nSPS) is 17.9. The monoisotopic (exact) mass is 269 g/mol. The van der Waals surface area contributed by atoms with Gasteiger partial charge in [0.15, 0.2) is 11.6 Å². The minimum absolute atomic E-state index is 0.244. The van der Waals surface area contributed by atoms with Gasteiger partial charge in [-0.2, -0.15) is 0 Å². The fourth-order valence-electron chi connectivity index (χ4n) is 2.13.